The van der Waals surface area contributed by atoms with E-state index >= 15 is 0 Å². The standard InChI is InChI=1S/C5H7O2S/c1-2-3-7-5(6)4-8/h2-3H,4H2,1H3. The molecule has 0 aliphatic rings. The lowest BCUT2D eigenvalue weighted by Crippen LogP contribution is -1.99. The number of carbonyl (C=O) groups excluding carboxylic acids is 1. The Morgan fingerprint density at radius 2 is 2.50 bits per heavy atom. The second-order valence-corrected chi connectivity index (χ2v) is 1.39. The summed E-state index contributed by atoms with van der Waals surface area (Å²) >= 11 is 4.38. The molecule has 0 saturated carbocycles. The second kappa shape index (κ2) is 4.71. The van der Waals surface area contributed by atoms with E-state index in [9.17, 15) is 4.79 Å². The van der Waals surface area contributed by atoms with Crippen molar-refractivity contribution in [1.82, 2.24) is 0 Å². The molecule has 3 heteroatoms. The predicted molar refractivity (Wildman–Crippen MR) is 33.4 cm³/mol. The number of ether oxygens (including phenoxy) is 1. The van der Waals surface area contributed by atoms with E-state index in [4.69, 9.17) is 0 Å². The Kier molecular flexibility index (Phi) is 4.45. The average Bonchev–Trinajstić information content (AvgIpc) is 1.83. The van der Waals surface area contributed by atoms with Crippen LogP contribution in [-0.4, -0.2) is 11.7 Å². The maximum absolute atomic E-state index is 10.2. The van der Waals surface area contributed by atoms with Crippen molar-refractivity contribution < 1.29 is 9.53 Å². The first kappa shape index (κ1) is 7.56. The predicted octanol–water partition coefficient (Wildman–Crippen LogP) is 1.26. The van der Waals surface area contributed by atoms with Gasteiger partial charge in [0.05, 0.1) is 6.26 Å². The quantitative estimate of drug-likeness (QED) is 0.416. The maximum atomic E-state index is 10.2. The Bertz CT molecular complexity index is 98.6. The number of esters is 1. The Morgan fingerprint density at radius 3 is 2.88 bits per heavy atom. The van der Waals surface area contributed by atoms with E-state index in [1.54, 1.807) is 13.0 Å². The van der Waals surface area contributed by atoms with Gasteiger partial charge in [-0.15, -0.1) is 0 Å². The molecule has 0 heterocycles. The van der Waals surface area contributed by atoms with Crippen molar-refractivity contribution in [1.29, 1.82) is 0 Å². The maximum Gasteiger partial charge on any atom is 0.321 e. The van der Waals surface area contributed by atoms with E-state index in [0.717, 1.165) is 0 Å². The van der Waals surface area contributed by atoms with Gasteiger partial charge in [0, 0.05) is 0 Å². The summed E-state index contributed by atoms with van der Waals surface area (Å²) in [6.45, 7) is 1.76. The fourth-order valence-electron chi connectivity index (χ4n) is 0.178. The van der Waals surface area contributed by atoms with Crippen molar-refractivity contribution in [2.45, 2.75) is 6.92 Å². The second-order valence-electron chi connectivity index (χ2n) is 1.10. The number of rotatable bonds is 2. The highest BCUT2D eigenvalue weighted by Crippen LogP contribution is 1.81. The van der Waals surface area contributed by atoms with Gasteiger partial charge in [0.2, 0.25) is 0 Å². The Hall–Kier alpha value is -0.440. The van der Waals surface area contributed by atoms with Crippen LogP contribution in [0, 0.1) is 0 Å². The van der Waals surface area contributed by atoms with Crippen LogP contribution in [0.25, 0.3) is 0 Å². The normalized spacial score (nSPS) is 9.75. The lowest BCUT2D eigenvalue weighted by molar-refractivity contribution is -0.134. The molecule has 0 unspecified atom stereocenters. The molecule has 8 heavy (non-hydrogen) atoms. The van der Waals surface area contributed by atoms with E-state index in [1.807, 2.05) is 0 Å². The van der Waals surface area contributed by atoms with E-state index in [0.29, 0.717) is 0 Å². The van der Waals surface area contributed by atoms with Crippen molar-refractivity contribution in [3.05, 3.63) is 12.3 Å². The van der Waals surface area contributed by atoms with Gasteiger partial charge in [-0.1, -0.05) is 18.7 Å². The van der Waals surface area contributed by atoms with Crippen molar-refractivity contribution in [2.75, 3.05) is 5.75 Å². The highest BCUT2D eigenvalue weighted by atomic mass is 32.1. The minimum atomic E-state index is -0.377. The van der Waals surface area contributed by atoms with Crippen molar-refractivity contribution in [3.8, 4) is 0 Å². The fourth-order valence-corrected chi connectivity index (χ4v) is 0.246. The highest BCUT2D eigenvalue weighted by Gasteiger charge is 1.92. The molecule has 2 nitrogen and oxygen atoms in total. The summed E-state index contributed by atoms with van der Waals surface area (Å²) in [5.74, 6) is -0.359. The molecule has 0 N–H and O–H groups in total. The molecule has 0 aliphatic heterocycles. The van der Waals surface area contributed by atoms with Crippen molar-refractivity contribution >= 4 is 18.6 Å². The number of hydrogen-bond donors (Lipinski definition) is 0. The number of allylic oxidation sites excluding steroid dienone is 1. The molecule has 0 spiro atoms. The van der Waals surface area contributed by atoms with Gasteiger partial charge in [-0.2, -0.15) is 0 Å². The highest BCUT2D eigenvalue weighted by molar-refractivity contribution is 7.81. The number of hydrogen-bond acceptors (Lipinski definition) is 2. The summed E-state index contributed by atoms with van der Waals surface area (Å²) in [5.41, 5.74) is 0. The van der Waals surface area contributed by atoms with E-state index in [-0.39, 0.29) is 11.7 Å². The van der Waals surface area contributed by atoms with Crippen LogP contribution in [0.1, 0.15) is 6.92 Å². The molecule has 0 bridgehead atoms. The first-order valence-electron chi connectivity index (χ1n) is 2.20. The van der Waals surface area contributed by atoms with Crippen LogP contribution in [0.15, 0.2) is 12.3 Å². The lowest BCUT2D eigenvalue weighted by atomic mass is 10.7. The van der Waals surface area contributed by atoms with Crippen LogP contribution < -0.4 is 0 Å². The summed E-state index contributed by atoms with van der Waals surface area (Å²) < 4.78 is 4.42. The van der Waals surface area contributed by atoms with Gasteiger partial charge < -0.3 is 4.74 Å². The largest absolute Gasteiger partial charge is 0.434 e. The summed E-state index contributed by atoms with van der Waals surface area (Å²) in [5, 5.41) is 0. The third-order valence-corrected chi connectivity index (χ3v) is 0.689. The zero-order valence-electron chi connectivity index (χ0n) is 4.59. The molecule has 45 valence electrons. The summed E-state index contributed by atoms with van der Waals surface area (Å²) in [6, 6.07) is 0. The Balaban J connectivity index is 3.25. The first-order valence-corrected chi connectivity index (χ1v) is 2.77. The summed E-state index contributed by atoms with van der Waals surface area (Å²) in [4.78, 5) is 10.2. The van der Waals surface area contributed by atoms with Crippen LogP contribution in [0.3, 0.4) is 0 Å². The molecule has 0 aliphatic carbocycles. The third-order valence-electron chi connectivity index (χ3n) is 0.453. The zero-order valence-corrected chi connectivity index (χ0v) is 5.40. The molecule has 0 aromatic heterocycles. The molecule has 0 aromatic carbocycles. The Labute approximate surface area is 53.9 Å². The summed E-state index contributed by atoms with van der Waals surface area (Å²) in [7, 11) is 0. The van der Waals surface area contributed by atoms with Crippen molar-refractivity contribution in [3.63, 3.8) is 0 Å². The van der Waals surface area contributed by atoms with Gasteiger partial charge in [-0.25, -0.2) is 0 Å². The minimum absolute atomic E-state index is 0.0182. The van der Waals surface area contributed by atoms with E-state index < -0.39 is 0 Å². The van der Waals surface area contributed by atoms with E-state index in [1.165, 1.54) is 6.26 Å². The third kappa shape index (κ3) is 3.74. The molecule has 0 saturated heterocycles. The minimum Gasteiger partial charge on any atom is -0.434 e. The van der Waals surface area contributed by atoms with Crippen LogP contribution in [0.2, 0.25) is 0 Å². The van der Waals surface area contributed by atoms with Gasteiger partial charge in [0.25, 0.3) is 0 Å². The SMILES string of the molecule is CC=COC(=O)C[S]. The molecular formula is C5H7O2S. The van der Waals surface area contributed by atoms with Gasteiger partial charge in [0.1, 0.15) is 5.75 Å². The topological polar surface area (TPSA) is 26.3 Å². The molecule has 0 rings (SSSR count). The number of carbonyl (C=O) groups is 1. The molecular weight excluding hydrogens is 124 g/mol. The van der Waals surface area contributed by atoms with Crippen LogP contribution >= 0.6 is 12.6 Å². The van der Waals surface area contributed by atoms with Crippen molar-refractivity contribution in [2.24, 2.45) is 0 Å². The molecule has 0 fully saturated rings. The van der Waals surface area contributed by atoms with Gasteiger partial charge in [-0.3, -0.25) is 4.79 Å². The monoisotopic (exact) mass is 131 g/mol. The van der Waals surface area contributed by atoms with Crippen LogP contribution in [0.4, 0.5) is 0 Å². The molecule has 0 aromatic rings. The first-order chi connectivity index (χ1) is 3.81. The fraction of sp³-hybridized carbons (Fsp3) is 0.400. The smallest absolute Gasteiger partial charge is 0.321 e. The van der Waals surface area contributed by atoms with Gasteiger partial charge in [-0.05, 0) is 6.92 Å². The van der Waals surface area contributed by atoms with E-state index in [2.05, 4.69) is 17.4 Å². The van der Waals surface area contributed by atoms with Crippen LogP contribution in [-0.2, 0) is 9.53 Å². The molecule has 0 amide bonds. The zero-order chi connectivity index (χ0) is 6.41. The molecule has 0 atom stereocenters. The average molecular weight is 131 g/mol. The van der Waals surface area contributed by atoms with Gasteiger partial charge in [0.15, 0.2) is 0 Å². The molecule has 1 radical (unpaired) electrons. The Morgan fingerprint density at radius 1 is 1.88 bits per heavy atom. The lowest BCUT2D eigenvalue weighted by Gasteiger charge is -1.89. The van der Waals surface area contributed by atoms with Crippen LogP contribution in [0.5, 0.6) is 0 Å². The summed E-state index contributed by atoms with van der Waals surface area (Å²) in [6.07, 6.45) is 2.94. The van der Waals surface area contributed by atoms with Gasteiger partial charge >= 0.3 is 5.97 Å².